The molecule has 0 aliphatic heterocycles. The summed E-state index contributed by atoms with van der Waals surface area (Å²) in [5, 5.41) is 0. The van der Waals surface area contributed by atoms with Gasteiger partial charge in [0.15, 0.2) is 0 Å². The Hall–Kier alpha value is -0.372. The van der Waals surface area contributed by atoms with Crippen LogP contribution in [0.3, 0.4) is 0 Å². The quantitative estimate of drug-likeness (QED) is 0.452. The molecular weight excluding hydrogens is 333 g/mol. The zero-order valence-electron chi connectivity index (χ0n) is 16.0. The first-order valence-electron chi connectivity index (χ1n) is 8.17. The molecule has 0 aromatic heterocycles. The second kappa shape index (κ2) is 6.26. The average Bonchev–Trinajstić information content (AvgIpc) is 2.32. The fourth-order valence-corrected chi connectivity index (χ4v) is 97.7. The van der Waals surface area contributed by atoms with Gasteiger partial charge in [0.05, 0.1) is 22.8 Å². The zero-order chi connectivity index (χ0) is 17.4. The minimum atomic E-state index is -1.83. The van der Waals surface area contributed by atoms with E-state index in [-0.39, 0.29) is 0 Å². The van der Waals surface area contributed by atoms with Crippen molar-refractivity contribution in [3.8, 4) is 0 Å². The summed E-state index contributed by atoms with van der Waals surface area (Å²) in [6.45, 7) is 25.3. The Bertz CT molecular complexity index is 482. The van der Waals surface area contributed by atoms with E-state index in [9.17, 15) is 0 Å². The van der Waals surface area contributed by atoms with Crippen molar-refractivity contribution in [1.29, 1.82) is 0 Å². The van der Waals surface area contributed by atoms with E-state index in [1.54, 1.807) is 0 Å². The van der Waals surface area contributed by atoms with Crippen LogP contribution in [0.25, 0.3) is 5.76 Å². The van der Waals surface area contributed by atoms with Gasteiger partial charge in [0, 0.05) is 5.56 Å². The minimum absolute atomic E-state index is 0.916. The van der Waals surface area contributed by atoms with Gasteiger partial charge in [0.1, 0.15) is 5.76 Å². The first kappa shape index (κ1) is 19.7. The molecule has 0 aliphatic carbocycles. The van der Waals surface area contributed by atoms with E-state index < -0.39 is 29.6 Å². The van der Waals surface area contributed by atoms with Crippen LogP contribution in [0, 0.1) is 0 Å². The van der Waals surface area contributed by atoms with E-state index in [4.69, 9.17) is 4.43 Å². The molecule has 1 aromatic carbocycles. The number of rotatable bonds is 6. The first-order chi connectivity index (χ1) is 9.74. The second-order valence-electron chi connectivity index (χ2n) is 9.32. The first-order valence-corrected chi connectivity index (χ1v) is 23.6. The standard InChI is InChI=1S/C17H34OSi4/c1-16(17-14-12-11-13-15-17)18-22(19(2,3)4,20(5,6)7)21(8,9)10/h11-15H,1H2,2-10H3. The van der Waals surface area contributed by atoms with E-state index >= 15 is 0 Å². The van der Waals surface area contributed by atoms with Gasteiger partial charge in [-0.1, -0.05) is 95.8 Å². The van der Waals surface area contributed by atoms with Crippen LogP contribution in [0.15, 0.2) is 36.9 Å². The lowest BCUT2D eigenvalue weighted by atomic mass is 10.2. The molecule has 124 valence electrons. The molecule has 0 bridgehead atoms. The van der Waals surface area contributed by atoms with Crippen LogP contribution in [-0.4, -0.2) is 29.6 Å². The predicted octanol–water partition coefficient (Wildman–Crippen LogP) is 5.87. The molecule has 1 nitrogen and oxygen atoms in total. The third kappa shape index (κ3) is 3.58. The van der Waals surface area contributed by atoms with E-state index in [0.717, 1.165) is 11.3 Å². The Balaban J connectivity index is 3.43. The van der Waals surface area contributed by atoms with E-state index in [0.29, 0.717) is 0 Å². The molecular formula is C17H34OSi4. The Kier molecular flexibility index (Phi) is 5.60. The molecule has 0 saturated heterocycles. The van der Waals surface area contributed by atoms with Gasteiger partial charge in [-0.3, -0.25) is 0 Å². The van der Waals surface area contributed by atoms with Crippen molar-refractivity contribution in [3.63, 3.8) is 0 Å². The number of benzene rings is 1. The fourth-order valence-electron chi connectivity index (χ4n) is 4.70. The summed E-state index contributed by atoms with van der Waals surface area (Å²) in [4.78, 5) is 0. The van der Waals surface area contributed by atoms with E-state index in [1.165, 1.54) is 0 Å². The van der Waals surface area contributed by atoms with E-state index in [1.807, 2.05) is 0 Å². The second-order valence-corrected chi connectivity index (χ2v) is 48.7. The van der Waals surface area contributed by atoms with Gasteiger partial charge in [-0.15, -0.1) is 0 Å². The Labute approximate surface area is 141 Å². The van der Waals surface area contributed by atoms with Crippen molar-refractivity contribution in [3.05, 3.63) is 42.5 Å². The molecule has 22 heavy (non-hydrogen) atoms. The normalized spacial score (nSPS) is 13.9. The summed E-state index contributed by atoms with van der Waals surface area (Å²) in [6, 6.07) is 10.5. The lowest BCUT2D eigenvalue weighted by molar-refractivity contribution is 0.545. The van der Waals surface area contributed by atoms with Crippen LogP contribution in [-0.2, 0) is 4.43 Å². The third-order valence-electron chi connectivity index (χ3n) is 4.54. The molecule has 0 spiro atoms. The maximum Gasteiger partial charge on any atom is 0.206 e. The molecule has 0 saturated carbocycles. The van der Waals surface area contributed by atoms with Crippen LogP contribution in [0.4, 0.5) is 0 Å². The van der Waals surface area contributed by atoms with Gasteiger partial charge in [-0.05, 0) is 0 Å². The molecule has 0 radical (unpaired) electrons. The van der Waals surface area contributed by atoms with Crippen LogP contribution < -0.4 is 0 Å². The Morgan fingerprint density at radius 2 is 1.09 bits per heavy atom. The van der Waals surface area contributed by atoms with E-state index in [2.05, 4.69) is 95.8 Å². The van der Waals surface area contributed by atoms with Gasteiger partial charge < -0.3 is 4.43 Å². The fraction of sp³-hybridized carbons (Fsp3) is 0.529. The van der Waals surface area contributed by atoms with Crippen molar-refractivity contribution < 1.29 is 4.43 Å². The lowest BCUT2D eigenvalue weighted by Crippen LogP contribution is -2.84. The molecule has 0 N–H and O–H groups in total. The highest BCUT2D eigenvalue weighted by Crippen LogP contribution is 2.40. The number of hydrogen-bond donors (Lipinski definition) is 0. The highest BCUT2D eigenvalue weighted by Gasteiger charge is 2.65. The maximum absolute atomic E-state index is 7.05. The molecule has 5 heteroatoms. The SMILES string of the molecule is C=C(O[Si]([Si](C)(C)C)([Si](C)(C)C)[Si](C)(C)C)c1ccccc1. The van der Waals surface area contributed by atoms with Crippen molar-refractivity contribution in [2.24, 2.45) is 0 Å². The summed E-state index contributed by atoms with van der Waals surface area (Å²) in [6.07, 6.45) is 0. The monoisotopic (exact) mass is 366 g/mol. The van der Waals surface area contributed by atoms with Gasteiger partial charge >= 0.3 is 0 Å². The maximum atomic E-state index is 7.05. The van der Waals surface area contributed by atoms with Crippen LogP contribution in [0.2, 0.25) is 58.9 Å². The summed E-state index contributed by atoms with van der Waals surface area (Å²) in [5.74, 6) is 0.916. The van der Waals surface area contributed by atoms with Gasteiger partial charge in [-0.2, -0.15) is 0 Å². The van der Waals surface area contributed by atoms with Crippen molar-refractivity contribution >= 4 is 35.4 Å². The van der Waals surface area contributed by atoms with Crippen molar-refractivity contribution in [2.75, 3.05) is 0 Å². The smallest absolute Gasteiger partial charge is 0.206 e. The third-order valence-corrected chi connectivity index (χ3v) is 71.9. The Morgan fingerprint density at radius 1 is 0.727 bits per heavy atom. The zero-order valence-corrected chi connectivity index (χ0v) is 20.0. The van der Waals surface area contributed by atoms with Crippen LogP contribution >= 0.6 is 0 Å². The summed E-state index contributed by atoms with van der Waals surface area (Å²) in [7, 11) is -4.27. The molecule has 0 amide bonds. The molecule has 0 aliphatic rings. The topological polar surface area (TPSA) is 9.23 Å². The highest BCUT2D eigenvalue weighted by atomic mass is 29.9. The van der Waals surface area contributed by atoms with Gasteiger partial charge in [0.2, 0.25) is 6.87 Å². The minimum Gasteiger partial charge on any atom is -0.552 e. The summed E-state index contributed by atoms with van der Waals surface area (Å²) < 4.78 is 7.05. The van der Waals surface area contributed by atoms with Gasteiger partial charge in [0.25, 0.3) is 0 Å². The van der Waals surface area contributed by atoms with Crippen LogP contribution in [0.1, 0.15) is 5.56 Å². The Morgan fingerprint density at radius 3 is 1.41 bits per heavy atom. The summed E-state index contributed by atoms with van der Waals surface area (Å²) >= 11 is 0. The van der Waals surface area contributed by atoms with Crippen LogP contribution in [0.5, 0.6) is 0 Å². The summed E-state index contributed by atoms with van der Waals surface area (Å²) in [5.41, 5.74) is 1.15. The lowest BCUT2D eigenvalue weighted by Gasteiger charge is -2.56. The largest absolute Gasteiger partial charge is 0.552 e. The van der Waals surface area contributed by atoms with Gasteiger partial charge in [-0.25, -0.2) is 0 Å². The number of hydrogen-bond acceptors (Lipinski definition) is 1. The average molecular weight is 367 g/mol. The molecule has 0 heterocycles. The molecule has 0 unspecified atom stereocenters. The molecule has 0 atom stereocenters. The molecule has 1 aromatic rings. The predicted molar refractivity (Wildman–Crippen MR) is 112 cm³/mol. The molecule has 0 fully saturated rings. The van der Waals surface area contributed by atoms with Crippen molar-refractivity contribution in [2.45, 2.75) is 58.9 Å². The molecule has 1 rings (SSSR count). The van der Waals surface area contributed by atoms with Crippen molar-refractivity contribution in [1.82, 2.24) is 0 Å². The highest BCUT2D eigenvalue weighted by molar-refractivity contribution is 7.87.